The van der Waals surface area contributed by atoms with Gasteiger partial charge in [0, 0.05) is 10.6 Å². The van der Waals surface area contributed by atoms with Gasteiger partial charge < -0.3 is 4.84 Å². The molecule has 0 aliphatic heterocycles. The predicted molar refractivity (Wildman–Crippen MR) is 84.5 cm³/mol. The summed E-state index contributed by atoms with van der Waals surface area (Å²) >= 11 is 5.81. The van der Waals surface area contributed by atoms with E-state index in [0.717, 1.165) is 6.07 Å². The molecular weight excluding hydrogens is 346 g/mol. The molecule has 0 saturated heterocycles. The van der Waals surface area contributed by atoms with Gasteiger partial charge >= 0.3 is 6.18 Å². The van der Waals surface area contributed by atoms with E-state index in [0.29, 0.717) is 5.56 Å². The van der Waals surface area contributed by atoms with Gasteiger partial charge in [-0.05, 0) is 42.3 Å². The number of benzene rings is 2. The van der Waals surface area contributed by atoms with Crippen LogP contribution in [0, 0.1) is 5.82 Å². The Morgan fingerprint density at radius 1 is 1.12 bits per heavy atom. The van der Waals surface area contributed by atoms with E-state index in [1.807, 2.05) is 0 Å². The third kappa shape index (κ3) is 4.71. The molecule has 0 heterocycles. The van der Waals surface area contributed by atoms with Crippen molar-refractivity contribution in [2.45, 2.75) is 26.1 Å². The van der Waals surface area contributed by atoms with E-state index in [1.165, 1.54) is 36.4 Å². The Bertz CT molecular complexity index is 726. The van der Waals surface area contributed by atoms with Crippen LogP contribution in [0.25, 0.3) is 0 Å². The Morgan fingerprint density at radius 2 is 1.79 bits per heavy atom. The molecule has 0 unspecified atom stereocenters. The normalized spacial score (nSPS) is 12.3. The lowest BCUT2D eigenvalue weighted by molar-refractivity contribution is -0.137. The standard InChI is InChI=1S/C17H14ClF4NO/c1-2-16(23-24-10-11-3-6-13(19)7-4-11)14-9-12(18)5-8-15(14)17(20,21)22/h3-9H,2,10H2,1H3. The van der Waals surface area contributed by atoms with Crippen LogP contribution in [0.1, 0.15) is 30.0 Å². The van der Waals surface area contributed by atoms with Gasteiger partial charge in [-0.15, -0.1) is 0 Å². The van der Waals surface area contributed by atoms with Gasteiger partial charge in [0.15, 0.2) is 0 Å². The molecule has 24 heavy (non-hydrogen) atoms. The van der Waals surface area contributed by atoms with Crippen LogP contribution in [0.15, 0.2) is 47.6 Å². The van der Waals surface area contributed by atoms with E-state index in [1.54, 1.807) is 6.92 Å². The summed E-state index contributed by atoms with van der Waals surface area (Å²) in [6.07, 6.45) is -4.29. The Labute approximate surface area is 141 Å². The maximum atomic E-state index is 13.1. The molecule has 2 aromatic rings. The minimum Gasteiger partial charge on any atom is -0.391 e. The van der Waals surface area contributed by atoms with Crippen molar-refractivity contribution in [3.05, 3.63) is 70.0 Å². The highest BCUT2D eigenvalue weighted by Crippen LogP contribution is 2.34. The van der Waals surface area contributed by atoms with Gasteiger partial charge in [-0.3, -0.25) is 0 Å². The number of alkyl halides is 3. The maximum absolute atomic E-state index is 13.1. The smallest absolute Gasteiger partial charge is 0.391 e. The zero-order valence-electron chi connectivity index (χ0n) is 12.7. The van der Waals surface area contributed by atoms with Crippen LogP contribution in [0.5, 0.6) is 0 Å². The van der Waals surface area contributed by atoms with Gasteiger partial charge in [0.05, 0.1) is 11.3 Å². The van der Waals surface area contributed by atoms with Gasteiger partial charge in [0.25, 0.3) is 0 Å². The molecule has 2 aromatic carbocycles. The van der Waals surface area contributed by atoms with Crippen LogP contribution in [0.4, 0.5) is 17.6 Å². The van der Waals surface area contributed by atoms with E-state index in [-0.39, 0.29) is 35.1 Å². The summed E-state index contributed by atoms with van der Waals surface area (Å²) in [7, 11) is 0. The Kier molecular flexibility index (Phi) is 5.83. The minimum atomic E-state index is -4.52. The van der Waals surface area contributed by atoms with E-state index >= 15 is 0 Å². The fraction of sp³-hybridized carbons (Fsp3) is 0.235. The molecule has 0 radical (unpaired) electrons. The highest BCUT2D eigenvalue weighted by Gasteiger charge is 2.34. The van der Waals surface area contributed by atoms with E-state index in [9.17, 15) is 17.6 Å². The molecule has 0 N–H and O–H groups in total. The zero-order valence-corrected chi connectivity index (χ0v) is 13.5. The number of halogens is 5. The Balaban J connectivity index is 2.24. The first-order valence-electron chi connectivity index (χ1n) is 7.11. The first-order chi connectivity index (χ1) is 11.3. The van der Waals surface area contributed by atoms with Crippen molar-refractivity contribution in [1.82, 2.24) is 0 Å². The van der Waals surface area contributed by atoms with Gasteiger partial charge in [-0.25, -0.2) is 4.39 Å². The first-order valence-corrected chi connectivity index (χ1v) is 7.49. The lowest BCUT2D eigenvalue weighted by atomic mass is 10.0. The van der Waals surface area contributed by atoms with Gasteiger partial charge in [-0.1, -0.05) is 35.8 Å². The summed E-state index contributed by atoms with van der Waals surface area (Å²) < 4.78 is 52.2. The van der Waals surface area contributed by atoms with E-state index < -0.39 is 11.7 Å². The second-order valence-electron chi connectivity index (χ2n) is 4.98. The van der Waals surface area contributed by atoms with Crippen molar-refractivity contribution in [2.75, 3.05) is 0 Å². The summed E-state index contributed by atoms with van der Waals surface area (Å²) in [6, 6.07) is 8.87. The second kappa shape index (κ2) is 7.66. The highest BCUT2D eigenvalue weighted by atomic mass is 35.5. The molecule has 0 bridgehead atoms. The maximum Gasteiger partial charge on any atom is 0.417 e. The largest absolute Gasteiger partial charge is 0.417 e. The van der Waals surface area contributed by atoms with Crippen LogP contribution >= 0.6 is 11.6 Å². The monoisotopic (exact) mass is 359 g/mol. The summed E-state index contributed by atoms with van der Waals surface area (Å²) in [5, 5.41) is 3.99. The minimum absolute atomic E-state index is 0.0195. The SMILES string of the molecule is CCC(=NOCc1ccc(F)cc1)c1cc(Cl)ccc1C(F)(F)F. The third-order valence-electron chi connectivity index (χ3n) is 3.25. The molecule has 0 amide bonds. The summed E-state index contributed by atoms with van der Waals surface area (Å²) in [5.41, 5.74) is -0.154. The first kappa shape index (κ1) is 18.3. The van der Waals surface area contributed by atoms with E-state index in [2.05, 4.69) is 5.16 Å². The average Bonchev–Trinajstić information content (AvgIpc) is 2.52. The number of oxime groups is 1. The van der Waals surface area contributed by atoms with Gasteiger partial charge in [-0.2, -0.15) is 13.2 Å². The molecule has 0 aliphatic rings. The van der Waals surface area contributed by atoms with Crippen LogP contribution in [-0.2, 0) is 17.6 Å². The topological polar surface area (TPSA) is 21.6 Å². The number of hydrogen-bond donors (Lipinski definition) is 0. The summed E-state index contributed by atoms with van der Waals surface area (Å²) in [4.78, 5) is 5.13. The molecule has 0 saturated carbocycles. The molecule has 0 aliphatic carbocycles. The summed E-state index contributed by atoms with van der Waals surface area (Å²) in [6.45, 7) is 1.69. The molecular formula is C17H14ClF4NO. The average molecular weight is 360 g/mol. The second-order valence-corrected chi connectivity index (χ2v) is 5.42. The molecule has 0 aromatic heterocycles. The lowest BCUT2D eigenvalue weighted by Gasteiger charge is -2.14. The Hall–Kier alpha value is -2.08. The van der Waals surface area contributed by atoms with Crippen molar-refractivity contribution in [2.24, 2.45) is 5.16 Å². The number of hydrogen-bond acceptors (Lipinski definition) is 2. The van der Waals surface area contributed by atoms with Crippen LogP contribution < -0.4 is 0 Å². The van der Waals surface area contributed by atoms with Crippen molar-refractivity contribution in [3.63, 3.8) is 0 Å². The molecule has 2 nitrogen and oxygen atoms in total. The zero-order chi connectivity index (χ0) is 17.7. The van der Waals surface area contributed by atoms with Crippen LogP contribution in [0.2, 0.25) is 5.02 Å². The van der Waals surface area contributed by atoms with E-state index in [4.69, 9.17) is 16.4 Å². The van der Waals surface area contributed by atoms with Crippen LogP contribution in [0.3, 0.4) is 0 Å². The van der Waals surface area contributed by atoms with Gasteiger partial charge in [0.1, 0.15) is 12.4 Å². The number of nitrogens with zero attached hydrogens (tertiary/aromatic N) is 1. The lowest BCUT2D eigenvalue weighted by Crippen LogP contribution is -2.13. The van der Waals surface area contributed by atoms with Gasteiger partial charge in [0.2, 0.25) is 0 Å². The third-order valence-corrected chi connectivity index (χ3v) is 3.49. The molecule has 0 fully saturated rings. The Morgan fingerprint density at radius 3 is 2.38 bits per heavy atom. The molecule has 0 atom stereocenters. The van der Waals surface area contributed by atoms with Crippen molar-refractivity contribution >= 4 is 17.3 Å². The quantitative estimate of drug-likeness (QED) is 0.374. The summed E-state index contributed by atoms with van der Waals surface area (Å²) in [5.74, 6) is -0.384. The van der Waals surface area contributed by atoms with Crippen molar-refractivity contribution < 1.29 is 22.4 Å². The molecule has 0 spiro atoms. The molecule has 2 rings (SSSR count). The molecule has 128 valence electrons. The fourth-order valence-electron chi connectivity index (χ4n) is 2.07. The predicted octanol–water partition coefficient (Wildman–Crippen LogP) is 5.83. The van der Waals surface area contributed by atoms with Crippen LogP contribution in [-0.4, -0.2) is 5.71 Å². The molecule has 7 heteroatoms. The highest BCUT2D eigenvalue weighted by molar-refractivity contribution is 6.31. The number of rotatable bonds is 5. The van der Waals surface area contributed by atoms with Crippen molar-refractivity contribution in [1.29, 1.82) is 0 Å². The fourth-order valence-corrected chi connectivity index (χ4v) is 2.24. The van der Waals surface area contributed by atoms with Crippen molar-refractivity contribution in [3.8, 4) is 0 Å².